The third kappa shape index (κ3) is 5.66. The standard InChI is InChI=1S/C20H14Cl2FN3O3/c21-13-4-6-16(17(22)9-13)18-7-5-15(29-18)10-25-26-19(27)11-24-20(28)12-2-1-3-14(23)8-12/h1-10H,11H2,(H,24,28)(H,26,27). The molecule has 3 aromatic rings. The predicted molar refractivity (Wildman–Crippen MR) is 109 cm³/mol. The molecule has 0 atom stereocenters. The molecule has 2 N–H and O–H groups in total. The molecule has 0 aliphatic heterocycles. The molecule has 2 aromatic carbocycles. The molecule has 2 amide bonds. The summed E-state index contributed by atoms with van der Waals surface area (Å²) in [6, 6.07) is 13.5. The molecule has 3 rings (SSSR count). The zero-order valence-corrected chi connectivity index (χ0v) is 16.3. The third-order valence-corrected chi connectivity index (χ3v) is 4.25. The van der Waals surface area contributed by atoms with E-state index in [9.17, 15) is 14.0 Å². The molecule has 1 aromatic heterocycles. The molecule has 0 spiro atoms. The van der Waals surface area contributed by atoms with Crippen molar-refractivity contribution < 1.29 is 18.4 Å². The number of furan rings is 1. The van der Waals surface area contributed by atoms with E-state index in [0.717, 1.165) is 6.07 Å². The zero-order chi connectivity index (χ0) is 20.8. The summed E-state index contributed by atoms with van der Waals surface area (Å²) in [5, 5.41) is 7.09. The Morgan fingerprint density at radius 3 is 2.69 bits per heavy atom. The molecule has 0 saturated heterocycles. The van der Waals surface area contributed by atoms with Crippen LogP contribution >= 0.6 is 23.2 Å². The van der Waals surface area contributed by atoms with Gasteiger partial charge in [-0.15, -0.1) is 0 Å². The van der Waals surface area contributed by atoms with Gasteiger partial charge in [0.15, 0.2) is 0 Å². The normalized spacial score (nSPS) is 10.9. The molecule has 0 radical (unpaired) electrons. The van der Waals surface area contributed by atoms with Crippen LogP contribution in [0, 0.1) is 5.82 Å². The van der Waals surface area contributed by atoms with Crippen LogP contribution in [0.5, 0.6) is 0 Å². The molecular weight excluding hydrogens is 420 g/mol. The summed E-state index contributed by atoms with van der Waals surface area (Å²) in [6.45, 7) is -0.323. The van der Waals surface area contributed by atoms with E-state index >= 15 is 0 Å². The van der Waals surface area contributed by atoms with Crippen molar-refractivity contribution >= 4 is 41.2 Å². The van der Waals surface area contributed by atoms with Crippen molar-refractivity contribution in [3.8, 4) is 11.3 Å². The molecule has 0 unspecified atom stereocenters. The van der Waals surface area contributed by atoms with Crippen LogP contribution in [0.4, 0.5) is 4.39 Å². The molecule has 1 heterocycles. The number of benzene rings is 2. The maximum atomic E-state index is 13.1. The molecule has 9 heteroatoms. The van der Waals surface area contributed by atoms with Crippen molar-refractivity contribution in [1.29, 1.82) is 0 Å². The van der Waals surface area contributed by atoms with Gasteiger partial charge in [0, 0.05) is 16.1 Å². The first kappa shape index (κ1) is 20.6. The van der Waals surface area contributed by atoms with Crippen molar-refractivity contribution in [1.82, 2.24) is 10.7 Å². The van der Waals surface area contributed by atoms with Crippen LogP contribution in [-0.4, -0.2) is 24.6 Å². The summed E-state index contributed by atoms with van der Waals surface area (Å²) < 4.78 is 18.7. The first-order valence-electron chi connectivity index (χ1n) is 8.33. The lowest BCUT2D eigenvalue weighted by atomic mass is 10.2. The number of amides is 2. The number of nitrogens with one attached hydrogen (secondary N) is 2. The fraction of sp³-hybridized carbons (Fsp3) is 0.0500. The highest BCUT2D eigenvalue weighted by Crippen LogP contribution is 2.31. The smallest absolute Gasteiger partial charge is 0.259 e. The predicted octanol–water partition coefficient (Wildman–Crippen LogP) is 4.27. The van der Waals surface area contributed by atoms with Crippen molar-refractivity contribution in [3.63, 3.8) is 0 Å². The van der Waals surface area contributed by atoms with Crippen LogP contribution in [0.15, 0.2) is 64.1 Å². The molecule has 0 aliphatic rings. The monoisotopic (exact) mass is 433 g/mol. The van der Waals surface area contributed by atoms with Crippen molar-refractivity contribution in [2.24, 2.45) is 5.10 Å². The second-order valence-corrected chi connectivity index (χ2v) is 6.66. The van der Waals surface area contributed by atoms with Gasteiger partial charge in [0.05, 0.1) is 17.8 Å². The molecule has 0 fully saturated rings. The van der Waals surface area contributed by atoms with Gasteiger partial charge in [-0.1, -0.05) is 29.3 Å². The van der Waals surface area contributed by atoms with Gasteiger partial charge in [-0.3, -0.25) is 9.59 Å². The lowest BCUT2D eigenvalue weighted by molar-refractivity contribution is -0.120. The Balaban J connectivity index is 1.51. The molecule has 0 saturated carbocycles. The summed E-state index contributed by atoms with van der Waals surface area (Å²) in [7, 11) is 0. The molecule has 0 aliphatic carbocycles. The quantitative estimate of drug-likeness (QED) is 0.449. The number of hydrazone groups is 1. The Morgan fingerprint density at radius 1 is 1.10 bits per heavy atom. The highest BCUT2D eigenvalue weighted by Gasteiger charge is 2.10. The Kier molecular flexibility index (Phi) is 6.64. The molecule has 6 nitrogen and oxygen atoms in total. The number of nitrogens with zero attached hydrogens (tertiary/aromatic N) is 1. The maximum absolute atomic E-state index is 13.1. The van der Waals surface area contributed by atoms with Crippen LogP contribution in [0.25, 0.3) is 11.3 Å². The minimum Gasteiger partial charge on any atom is -0.455 e. The summed E-state index contributed by atoms with van der Waals surface area (Å²) in [5.74, 6) is -0.765. The maximum Gasteiger partial charge on any atom is 0.259 e. The van der Waals surface area contributed by atoms with Crippen LogP contribution in [-0.2, 0) is 4.79 Å². The Morgan fingerprint density at radius 2 is 1.93 bits per heavy atom. The number of hydrogen-bond acceptors (Lipinski definition) is 4. The lowest BCUT2D eigenvalue weighted by Gasteiger charge is -2.04. The van der Waals surface area contributed by atoms with Gasteiger partial charge in [0.2, 0.25) is 0 Å². The number of hydrogen-bond donors (Lipinski definition) is 2. The summed E-state index contributed by atoms with van der Waals surface area (Å²) in [6.07, 6.45) is 1.31. The zero-order valence-electron chi connectivity index (χ0n) is 14.8. The van der Waals surface area contributed by atoms with Crippen LogP contribution in [0.1, 0.15) is 16.1 Å². The summed E-state index contributed by atoms with van der Waals surface area (Å²) >= 11 is 12.0. The first-order valence-corrected chi connectivity index (χ1v) is 9.09. The molecular formula is C20H14Cl2FN3O3. The van der Waals surface area contributed by atoms with Crippen molar-refractivity contribution in [2.75, 3.05) is 6.54 Å². The minimum atomic E-state index is -0.570. The third-order valence-electron chi connectivity index (χ3n) is 3.70. The van der Waals surface area contributed by atoms with E-state index in [1.165, 1.54) is 24.4 Å². The van der Waals surface area contributed by atoms with E-state index in [-0.39, 0.29) is 12.1 Å². The van der Waals surface area contributed by atoms with E-state index in [0.29, 0.717) is 27.1 Å². The lowest BCUT2D eigenvalue weighted by Crippen LogP contribution is -2.34. The first-order chi connectivity index (χ1) is 13.9. The van der Waals surface area contributed by atoms with Crippen molar-refractivity contribution in [2.45, 2.75) is 0 Å². The largest absolute Gasteiger partial charge is 0.455 e. The Bertz CT molecular complexity index is 1080. The highest BCUT2D eigenvalue weighted by atomic mass is 35.5. The number of carbonyl (C=O) groups is 2. The van der Waals surface area contributed by atoms with Gasteiger partial charge in [-0.25, -0.2) is 9.82 Å². The summed E-state index contributed by atoms with van der Waals surface area (Å²) in [5.41, 5.74) is 3.04. The summed E-state index contributed by atoms with van der Waals surface area (Å²) in [4.78, 5) is 23.6. The average Bonchev–Trinajstić information content (AvgIpc) is 3.14. The SMILES string of the molecule is O=C(CNC(=O)c1cccc(F)c1)NN=Cc1ccc(-c2ccc(Cl)cc2Cl)o1. The van der Waals surface area contributed by atoms with Gasteiger partial charge in [0.25, 0.3) is 11.8 Å². The van der Waals surface area contributed by atoms with Crippen LogP contribution in [0.3, 0.4) is 0 Å². The van der Waals surface area contributed by atoms with E-state index in [4.69, 9.17) is 27.6 Å². The fourth-order valence-electron chi connectivity index (χ4n) is 2.36. The van der Waals surface area contributed by atoms with Crippen LogP contribution in [0.2, 0.25) is 10.0 Å². The fourth-order valence-corrected chi connectivity index (χ4v) is 2.86. The molecule has 148 valence electrons. The van der Waals surface area contributed by atoms with Gasteiger partial charge in [-0.2, -0.15) is 5.10 Å². The highest BCUT2D eigenvalue weighted by molar-refractivity contribution is 6.36. The topological polar surface area (TPSA) is 83.7 Å². The Hall–Kier alpha value is -3.16. The number of halogens is 3. The number of carbonyl (C=O) groups excluding carboxylic acids is 2. The van der Waals surface area contributed by atoms with Gasteiger partial charge in [-0.05, 0) is 48.5 Å². The minimum absolute atomic E-state index is 0.116. The van der Waals surface area contributed by atoms with E-state index in [1.807, 2.05) is 0 Å². The second kappa shape index (κ2) is 9.36. The molecule has 29 heavy (non-hydrogen) atoms. The van der Waals surface area contributed by atoms with E-state index in [1.54, 1.807) is 30.3 Å². The van der Waals surface area contributed by atoms with Gasteiger partial charge in [0.1, 0.15) is 17.3 Å². The second-order valence-electron chi connectivity index (χ2n) is 5.81. The Labute approximate surface area is 175 Å². The van der Waals surface area contributed by atoms with Gasteiger partial charge < -0.3 is 9.73 Å². The average molecular weight is 434 g/mol. The number of rotatable bonds is 6. The van der Waals surface area contributed by atoms with E-state index < -0.39 is 17.6 Å². The van der Waals surface area contributed by atoms with Crippen molar-refractivity contribution in [3.05, 3.63) is 81.8 Å². The van der Waals surface area contributed by atoms with Gasteiger partial charge >= 0.3 is 0 Å². The molecule has 0 bridgehead atoms. The van der Waals surface area contributed by atoms with E-state index in [2.05, 4.69) is 15.8 Å². The van der Waals surface area contributed by atoms with Crippen LogP contribution < -0.4 is 10.7 Å².